The molecule has 2 rings (SSSR count). The number of carbonyl (C=O) groups is 1. The van der Waals surface area contributed by atoms with Gasteiger partial charge in [-0.3, -0.25) is 4.79 Å². The van der Waals surface area contributed by atoms with Gasteiger partial charge in [0.15, 0.2) is 0 Å². The van der Waals surface area contributed by atoms with Gasteiger partial charge in [0, 0.05) is 24.1 Å². The molecule has 0 radical (unpaired) electrons. The summed E-state index contributed by atoms with van der Waals surface area (Å²) < 4.78 is 42.0. The van der Waals surface area contributed by atoms with E-state index in [0.29, 0.717) is 12.1 Å². The molecule has 1 unspecified atom stereocenters. The minimum atomic E-state index is -4.29. The summed E-state index contributed by atoms with van der Waals surface area (Å²) >= 11 is -0.161. The van der Waals surface area contributed by atoms with E-state index in [1.165, 1.54) is 30.3 Å². The summed E-state index contributed by atoms with van der Waals surface area (Å²) in [4.78, 5) is 11.7. The number of nitrogens with one attached hydrogen (secondary N) is 1. The maximum absolute atomic E-state index is 12.2. The maximum atomic E-state index is 12.2. The van der Waals surface area contributed by atoms with E-state index in [2.05, 4.69) is 5.32 Å². The molecule has 1 aromatic rings. The zero-order valence-corrected chi connectivity index (χ0v) is 12.5. The SMILES string of the molecule is O=C(C=Cc1ccc(SC(F)(F)F)cc1)NCC1CCCO1. The second-order valence-electron chi connectivity index (χ2n) is 4.83. The second-order valence-corrected chi connectivity index (χ2v) is 5.97. The minimum Gasteiger partial charge on any atom is -0.376 e. The van der Waals surface area contributed by atoms with Gasteiger partial charge in [0.25, 0.3) is 0 Å². The first-order chi connectivity index (χ1) is 10.4. The van der Waals surface area contributed by atoms with Crippen LogP contribution in [0.4, 0.5) is 13.2 Å². The van der Waals surface area contributed by atoms with Crippen LogP contribution in [0.25, 0.3) is 6.08 Å². The lowest BCUT2D eigenvalue weighted by Gasteiger charge is -2.08. The van der Waals surface area contributed by atoms with Crippen LogP contribution in [0.3, 0.4) is 0 Å². The van der Waals surface area contributed by atoms with Gasteiger partial charge >= 0.3 is 5.51 Å². The number of hydrogen-bond acceptors (Lipinski definition) is 3. The van der Waals surface area contributed by atoms with Gasteiger partial charge in [-0.2, -0.15) is 13.2 Å². The molecule has 1 N–H and O–H groups in total. The highest BCUT2D eigenvalue weighted by Crippen LogP contribution is 2.36. The molecule has 0 aromatic heterocycles. The molecule has 0 saturated carbocycles. The van der Waals surface area contributed by atoms with Crippen molar-refractivity contribution in [3.63, 3.8) is 0 Å². The Kier molecular flexibility index (Phi) is 5.90. The van der Waals surface area contributed by atoms with Crippen molar-refractivity contribution in [2.75, 3.05) is 13.2 Å². The Morgan fingerprint density at radius 2 is 2.09 bits per heavy atom. The van der Waals surface area contributed by atoms with Crippen molar-refractivity contribution in [2.24, 2.45) is 0 Å². The van der Waals surface area contributed by atoms with Crippen LogP contribution < -0.4 is 5.32 Å². The van der Waals surface area contributed by atoms with E-state index in [1.54, 1.807) is 6.08 Å². The van der Waals surface area contributed by atoms with E-state index < -0.39 is 5.51 Å². The average Bonchev–Trinajstić information content (AvgIpc) is 2.96. The number of halogens is 3. The highest BCUT2D eigenvalue weighted by atomic mass is 32.2. The third kappa shape index (κ3) is 6.11. The van der Waals surface area contributed by atoms with Crippen molar-refractivity contribution in [3.8, 4) is 0 Å². The van der Waals surface area contributed by atoms with Crippen molar-refractivity contribution in [1.82, 2.24) is 5.32 Å². The summed E-state index contributed by atoms with van der Waals surface area (Å²) in [6, 6.07) is 5.83. The van der Waals surface area contributed by atoms with Crippen molar-refractivity contribution in [2.45, 2.75) is 29.3 Å². The number of amides is 1. The number of thioether (sulfide) groups is 1. The molecule has 1 heterocycles. The first kappa shape index (κ1) is 16.9. The van der Waals surface area contributed by atoms with E-state index in [4.69, 9.17) is 4.74 Å². The summed E-state index contributed by atoms with van der Waals surface area (Å²) in [6.45, 7) is 1.21. The molecule has 0 spiro atoms. The monoisotopic (exact) mass is 331 g/mol. The van der Waals surface area contributed by atoms with Crippen LogP contribution in [-0.4, -0.2) is 30.7 Å². The predicted molar refractivity (Wildman–Crippen MR) is 79.4 cm³/mol. The average molecular weight is 331 g/mol. The molecule has 1 aromatic carbocycles. The molecule has 1 aliphatic rings. The lowest BCUT2D eigenvalue weighted by Crippen LogP contribution is -2.30. The normalized spacial score (nSPS) is 18.8. The third-order valence-electron chi connectivity index (χ3n) is 3.07. The lowest BCUT2D eigenvalue weighted by atomic mass is 10.2. The van der Waals surface area contributed by atoms with Crippen molar-refractivity contribution >= 4 is 23.7 Å². The smallest absolute Gasteiger partial charge is 0.376 e. The van der Waals surface area contributed by atoms with Crippen LogP contribution in [0.15, 0.2) is 35.2 Å². The molecule has 1 saturated heterocycles. The van der Waals surface area contributed by atoms with E-state index in [1.807, 2.05) is 0 Å². The van der Waals surface area contributed by atoms with Crippen LogP contribution in [-0.2, 0) is 9.53 Å². The van der Waals surface area contributed by atoms with Crippen LogP contribution >= 0.6 is 11.8 Å². The molecule has 1 atom stereocenters. The van der Waals surface area contributed by atoms with Gasteiger partial charge in [-0.1, -0.05) is 12.1 Å². The Bertz CT molecular complexity index is 523. The standard InChI is InChI=1S/C15H16F3NO2S/c16-15(17,18)22-13-6-3-11(4-7-13)5-8-14(20)19-10-12-2-1-9-21-12/h3-8,12H,1-2,9-10H2,(H,19,20). The van der Waals surface area contributed by atoms with Crippen molar-refractivity contribution in [1.29, 1.82) is 0 Å². The molecule has 3 nitrogen and oxygen atoms in total. The number of benzene rings is 1. The minimum absolute atomic E-state index is 0.0797. The Hall–Kier alpha value is -1.47. The zero-order chi connectivity index (χ0) is 16.0. The van der Waals surface area contributed by atoms with E-state index >= 15 is 0 Å². The van der Waals surface area contributed by atoms with Crippen LogP contribution in [0.2, 0.25) is 0 Å². The zero-order valence-electron chi connectivity index (χ0n) is 11.7. The van der Waals surface area contributed by atoms with Gasteiger partial charge in [0.1, 0.15) is 0 Å². The highest BCUT2D eigenvalue weighted by molar-refractivity contribution is 8.00. The Labute approximate surface area is 130 Å². The van der Waals surface area contributed by atoms with E-state index in [-0.39, 0.29) is 28.7 Å². The van der Waals surface area contributed by atoms with Crippen LogP contribution in [0, 0.1) is 0 Å². The van der Waals surface area contributed by atoms with Crippen molar-refractivity contribution < 1.29 is 22.7 Å². The molecule has 7 heteroatoms. The first-order valence-electron chi connectivity index (χ1n) is 6.86. The molecule has 1 amide bonds. The summed E-state index contributed by atoms with van der Waals surface area (Å²) in [6.07, 6.45) is 4.96. The lowest BCUT2D eigenvalue weighted by molar-refractivity contribution is -0.116. The van der Waals surface area contributed by atoms with Gasteiger partial charge in [-0.05, 0) is 48.4 Å². The van der Waals surface area contributed by atoms with E-state index in [9.17, 15) is 18.0 Å². The fraction of sp³-hybridized carbons (Fsp3) is 0.400. The molecule has 22 heavy (non-hydrogen) atoms. The largest absolute Gasteiger partial charge is 0.446 e. The number of rotatable bonds is 5. The summed E-state index contributed by atoms with van der Waals surface area (Å²) in [7, 11) is 0. The quantitative estimate of drug-likeness (QED) is 0.662. The van der Waals surface area contributed by atoms with Crippen LogP contribution in [0.1, 0.15) is 18.4 Å². The maximum Gasteiger partial charge on any atom is 0.446 e. The summed E-state index contributed by atoms with van der Waals surface area (Å²) in [5, 5.41) is 2.73. The second kappa shape index (κ2) is 7.69. The third-order valence-corrected chi connectivity index (χ3v) is 3.81. The first-order valence-corrected chi connectivity index (χ1v) is 7.67. The van der Waals surface area contributed by atoms with Crippen LogP contribution in [0.5, 0.6) is 0 Å². The molecule has 120 valence electrons. The fourth-order valence-electron chi connectivity index (χ4n) is 2.03. The molecular weight excluding hydrogens is 315 g/mol. The molecule has 0 aliphatic carbocycles. The summed E-state index contributed by atoms with van der Waals surface area (Å²) in [5.41, 5.74) is -3.63. The highest BCUT2D eigenvalue weighted by Gasteiger charge is 2.28. The predicted octanol–water partition coefficient (Wildman–Crippen LogP) is 3.61. The Morgan fingerprint density at radius 1 is 1.36 bits per heavy atom. The molecule has 1 aliphatic heterocycles. The van der Waals surface area contributed by atoms with Gasteiger partial charge in [-0.15, -0.1) is 0 Å². The number of ether oxygens (including phenoxy) is 1. The van der Waals surface area contributed by atoms with Crippen molar-refractivity contribution in [3.05, 3.63) is 35.9 Å². The van der Waals surface area contributed by atoms with Gasteiger partial charge in [0.2, 0.25) is 5.91 Å². The molecule has 1 fully saturated rings. The number of alkyl halides is 3. The molecular formula is C15H16F3NO2S. The topological polar surface area (TPSA) is 38.3 Å². The Morgan fingerprint density at radius 3 is 2.68 bits per heavy atom. The van der Waals surface area contributed by atoms with Gasteiger partial charge in [0.05, 0.1) is 6.10 Å². The Balaban J connectivity index is 1.80. The fourth-order valence-corrected chi connectivity index (χ4v) is 2.57. The number of carbonyl (C=O) groups excluding carboxylic acids is 1. The summed E-state index contributed by atoms with van der Waals surface area (Å²) in [5.74, 6) is -0.246. The van der Waals surface area contributed by atoms with Gasteiger partial charge < -0.3 is 10.1 Å². The van der Waals surface area contributed by atoms with Gasteiger partial charge in [-0.25, -0.2) is 0 Å². The molecule has 0 bridgehead atoms. The number of hydrogen-bond donors (Lipinski definition) is 1. The van der Waals surface area contributed by atoms with E-state index in [0.717, 1.165) is 19.4 Å².